The number of nitrogens with one attached hydrogen (secondary N) is 2. The van der Waals surface area contributed by atoms with Crippen LogP contribution >= 0.6 is 0 Å². The summed E-state index contributed by atoms with van der Waals surface area (Å²) in [7, 11) is 0. The third kappa shape index (κ3) is 3.11. The molecule has 1 aromatic carbocycles. The number of carbonyl (C=O) groups is 4. The maximum atomic E-state index is 12.6. The third-order valence-electron chi connectivity index (χ3n) is 4.24. The Morgan fingerprint density at radius 1 is 1.24 bits per heavy atom. The fourth-order valence-electron chi connectivity index (χ4n) is 2.89. The summed E-state index contributed by atoms with van der Waals surface area (Å²) in [6.07, 6.45) is 0.197. The fraction of sp³-hybridized carbons (Fsp3) is 0.375. The van der Waals surface area contributed by atoms with E-state index in [1.165, 1.54) is 12.1 Å². The third-order valence-corrected chi connectivity index (χ3v) is 4.24. The number of hydrogen-bond donors (Lipinski definition) is 4. The Morgan fingerprint density at radius 2 is 1.96 bits per heavy atom. The Morgan fingerprint density at radius 3 is 2.64 bits per heavy atom. The summed E-state index contributed by atoms with van der Waals surface area (Å²) in [5.74, 6) is -2.17. The molecule has 4 amide bonds. The molecule has 0 saturated carbocycles. The number of fused-ring (bicyclic) bond motifs is 1. The van der Waals surface area contributed by atoms with E-state index in [1.807, 2.05) is 0 Å². The first-order chi connectivity index (χ1) is 11.9. The summed E-state index contributed by atoms with van der Waals surface area (Å²) in [6.45, 7) is 0.118. The van der Waals surface area contributed by atoms with Gasteiger partial charge in [-0.25, -0.2) is 0 Å². The van der Waals surface area contributed by atoms with E-state index in [0.717, 1.165) is 4.90 Å². The van der Waals surface area contributed by atoms with E-state index in [-0.39, 0.29) is 30.6 Å². The van der Waals surface area contributed by atoms with Crippen LogP contribution in [0.5, 0.6) is 0 Å². The van der Waals surface area contributed by atoms with Crippen molar-refractivity contribution >= 4 is 29.3 Å². The van der Waals surface area contributed by atoms with Gasteiger partial charge in [0.05, 0.1) is 17.7 Å². The minimum atomic E-state index is -0.982. The lowest BCUT2D eigenvalue weighted by atomic mass is 10.0. The van der Waals surface area contributed by atoms with E-state index in [2.05, 4.69) is 10.6 Å². The Kier molecular flexibility index (Phi) is 4.51. The standard InChI is InChI=1S/C16H18N4O5/c17-8(7-21)6-18-9-1-2-10-11(5-9)16(25)20(15(10)24)12-3-4-13(22)19-14(12)23/h1-2,5,8,12,18,21H,3-4,6-7,17H2,(H,19,22,23)/t8-,12?/m1/s1. The maximum Gasteiger partial charge on any atom is 0.262 e. The van der Waals surface area contributed by atoms with E-state index >= 15 is 0 Å². The molecule has 9 heteroatoms. The zero-order chi connectivity index (χ0) is 18.1. The molecule has 2 aliphatic rings. The summed E-state index contributed by atoms with van der Waals surface area (Å²) in [5, 5.41) is 14.1. The van der Waals surface area contributed by atoms with Crippen LogP contribution in [-0.2, 0) is 9.59 Å². The second-order valence-corrected chi connectivity index (χ2v) is 6.03. The largest absolute Gasteiger partial charge is 0.395 e. The van der Waals surface area contributed by atoms with Crippen LogP contribution in [0, 0.1) is 0 Å². The molecule has 2 heterocycles. The van der Waals surface area contributed by atoms with Crippen molar-refractivity contribution < 1.29 is 24.3 Å². The Labute approximate surface area is 143 Å². The number of piperidine rings is 1. The molecule has 1 unspecified atom stereocenters. The number of aliphatic hydroxyl groups excluding tert-OH is 1. The molecule has 1 aromatic rings. The molecule has 3 rings (SSSR count). The van der Waals surface area contributed by atoms with E-state index in [1.54, 1.807) is 6.07 Å². The van der Waals surface area contributed by atoms with Crippen LogP contribution in [0.3, 0.4) is 0 Å². The number of amides is 4. The minimum absolute atomic E-state index is 0.0790. The van der Waals surface area contributed by atoms with Gasteiger partial charge in [0.1, 0.15) is 6.04 Å². The number of nitrogens with zero attached hydrogens (tertiary/aromatic N) is 1. The second kappa shape index (κ2) is 6.61. The van der Waals surface area contributed by atoms with E-state index < -0.39 is 35.7 Å². The number of hydrogen-bond acceptors (Lipinski definition) is 7. The van der Waals surface area contributed by atoms with Gasteiger partial charge in [-0.3, -0.25) is 29.4 Å². The van der Waals surface area contributed by atoms with Crippen molar-refractivity contribution in [1.29, 1.82) is 0 Å². The predicted octanol–water partition coefficient (Wildman–Crippen LogP) is -1.18. The SMILES string of the molecule is N[C@@H](CO)CNc1ccc2c(c1)C(=O)N(C1CCC(=O)NC1=O)C2=O. The van der Waals surface area contributed by atoms with Crippen LogP contribution in [0.15, 0.2) is 18.2 Å². The molecule has 0 radical (unpaired) electrons. The van der Waals surface area contributed by atoms with Crippen LogP contribution in [0.4, 0.5) is 5.69 Å². The average Bonchev–Trinajstić information content (AvgIpc) is 2.84. The molecule has 132 valence electrons. The lowest BCUT2D eigenvalue weighted by Crippen LogP contribution is -2.54. The van der Waals surface area contributed by atoms with Crippen molar-refractivity contribution in [3.63, 3.8) is 0 Å². The van der Waals surface area contributed by atoms with Gasteiger partial charge < -0.3 is 16.2 Å². The molecule has 2 atom stereocenters. The summed E-state index contributed by atoms with van der Waals surface area (Å²) < 4.78 is 0. The molecule has 0 bridgehead atoms. The van der Waals surface area contributed by atoms with Crippen LogP contribution in [-0.4, -0.2) is 58.9 Å². The highest BCUT2D eigenvalue weighted by molar-refractivity contribution is 6.23. The van der Waals surface area contributed by atoms with Gasteiger partial charge in [-0.1, -0.05) is 0 Å². The molecular weight excluding hydrogens is 328 g/mol. The topological polar surface area (TPSA) is 142 Å². The molecule has 2 aliphatic heterocycles. The van der Waals surface area contributed by atoms with Crippen LogP contribution in [0.2, 0.25) is 0 Å². The lowest BCUT2D eigenvalue weighted by molar-refractivity contribution is -0.136. The molecule has 0 aliphatic carbocycles. The molecule has 25 heavy (non-hydrogen) atoms. The van der Waals surface area contributed by atoms with Gasteiger partial charge in [-0.2, -0.15) is 0 Å². The molecule has 9 nitrogen and oxygen atoms in total. The second-order valence-electron chi connectivity index (χ2n) is 6.03. The highest BCUT2D eigenvalue weighted by Crippen LogP contribution is 2.29. The Bertz CT molecular complexity index is 763. The maximum absolute atomic E-state index is 12.6. The Hall–Kier alpha value is -2.78. The summed E-state index contributed by atoms with van der Waals surface area (Å²) in [6, 6.07) is 3.22. The molecule has 1 fully saturated rings. The van der Waals surface area contributed by atoms with Gasteiger partial charge in [-0.15, -0.1) is 0 Å². The van der Waals surface area contributed by atoms with E-state index in [9.17, 15) is 19.2 Å². The monoisotopic (exact) mass is 346 g/mol. The minimum Gasteiger partial charge on any atom is -0.395 e. The van der Waals surface area contributed by atoms with E-state index in [0.29, 0.717) is 12.2 Å². The first-order valence-corrected chi connectivity index (χ1v) is 7.88. The molecule has 5 N–H and O–H groups in total. The lowest BCUT2D eigenvalue weighted by Gasteiger charge is -2.27. The normalized spacial score (nSPS) is 21.2. The summed E-state index contributed by atoms with van der Waals surface area (Å²) in [4.78, 5) is 49.3. The van der Waals surface area contributed by atoms with Crippen LogP contribution in [0.1, 0.15) is 33.6 Å². The zero-order valence-electron chi connectivity index (χ0n) is 13.3. The number of anilines is 1. The highest BCUT2D eigenvalue weighted by atomic mass is 16.3. The fourth-order valence-corrected chi connectivity index (χ4v) is 2.89. The highest BCUT2D eigenvalue weighted by Gasteiger charge is 2.44. The molecule has 0 aromatic heterocycles. The molecule has 1 saturated heterocycles. The zero-order valence-corrected chi connectivity index (χ0v) is 13.3. The number of rotatable bonds is 5. The van der Waals surface area contributed by atoms with Crippen molar-refractivity contribution in [3.05, 3.63) is 29.3 Å². The smallest absolute Gasteiger partial charge is 0.262 e. The molecular formula is C16H18N4O5. The first kappa shape index (κ1) is 17.1. The van der Waals surface area contributed by atoms with Crippen molar-refractivity contribution in [2.75, 3.05) is 18.5 Å². The molecule has 0 spiro atoms. The van der Waals surface area contributed by atoms with Crippen molar-refractivity contribution in [3.8, 4) is 0 Å². The Balaban J connectivity index is 1.82. The van der Waals surface area contributed by atoms with Crippen LogP contribution < -0.4 is 16.4 Å². The number of benzene rings is 1. The van der Waals surface area contributed by atoms with Gasteiger partial charge in [0.15, 0.2) is 0 Å². The van der Waals surface area contributed by atoms with Crippen molar-refractivity contribution in [2.24, 2.45) is 5.73 Å². The van der Waals surface area contributed by atoms with Gasteiger partial charge in [-0.05, 0) is 24.6 Å². The van der Waals surface area contributed by atoms with E-state index in [4.69, 9.17) is 10.8 Å². The van der Waals surface area contributed by atoms with Crippen molar-refractivity contribution in [2.45, 2.75) is 24.9 Å². The first-order valence-electron chi connectivity index (χ1n) is 7.88. The van der Waals surface area contributed by atoms with Crippen LogP contribution in [0.25, 0.3) is 0 Å². The quantitative estimate of drug-likeness (QED) is 0.492. The number of nitrogens with two attached hydrogens (primary N) is 1. The van der Waals surface area contributed by atoms with Gasteiger partial charge in [0, 0.05) is 24.7 Å². The number of carbonyl (C=O) groups excluding carboxylic acids is 4. The summed E-state index contributed by atoms with van der Waals surface area (Å²) in [5.41, 5.74) is 6.60. The average molecular weight is 346 g/mol. The van der Waals surface area contributed by atoms with Crippen molar-refractivity contribution in [1.82, 2.24) is 10.2 Å². The summed E-state index contributed by atoms with van der Waals surface area (Å²) >= 11 is 0. The van der Waals surface area contributed by atoms with Gasteiger partial charge in [0.25, 0.3) is 11.8 Å². The number of imide groups is 2. The number of aliphatic hydroxyl groups is 1. The van der Waals surface area contributed by atoms with Gasteiger partial charge >= 0.3 is 0 Å². The van der Waals surface area contributed by atoms with Gasteiger partial charge in [0.2, 0.25) is 11.8 Å². The predicted molar refractivity (Wildman–Crippen MR) is 86.7 cm³/mol.